The average Bonchev–Trinajstić information content (AvgIpc) is 3.39. The van der Waals surface area contributed by atoms with Crippen LogP contribution in [-0.4, -0.2) is 28.4 Å². The van der Waals surface area contributed by atoms with Crippen LogP contribution in [-0.2, 0) is 9.59 Å². The minimum absolute atomic E-state index is 0.0108. The van der Waals surface area contributed by atoms with Gasteiger partial charge in [-0.3, -0.25) is 9.59 Å². The van der Waals surface area contributed by atoms with Gasteiger partial charge in [0.05, 0.1) is 28.3 Å². The number of amides is 2. The molecule has 0 aliphatic carbocycles. The number of nitrogens with zero attached hydrogens (tertiary/aromatic N) is 1. The highest BCUT2D eigenvalue weighted by Crippen LogP contribution is 2.46. The van der Waals surface area contributed by atoms with Gasteiger partial charge in [0, 0.05) is 26.6 Å². The van der Waals surface area contributed by atoms with Crippen molar-refractivity contribution in [3.05, 3.63) is 91.6 Å². The number of carbonyl (C=O) groups excluding carboxylic acids is 2. The summed E-state index contributed by atoms with van der Waals surface area (Å²) in [4.78, 5) is 27.0. The zero-order valence-electron chi connectivity index (χ0n) is 20.1. The van der Waals surface area contributed by atoms with Crippen LogP contribution < -0.4 is 16.0 Å². The second-order valence-corrected chi connectivity index (χ2v) is 11.6. The molecule has 0 saturated heterocycles. The van der Waals surface area contributed by atoms with Crippen molar-refractivity contribution in [2.75, 3.05) is 16.4 Å². The Labute approximate surface area is 232 Å². The third kappa shape index (κ3) is 6.25. The zero-order chi connectivity index (χ0) is 26.6. The minimum Gasteiger partial charge on any atom is -0.370 e. The lowest BCUT2D eigenvalue weighted by Gasteiger charge is -2.43. The number of rotatable bonds is 7. The molecule has 0 radical (unpaired) electrons. The Bertz CT molecular complexity index is 1370. The van der Waals surface area contributed by atoms with Gasteiger partial charge in [-0.2, -0.15) is 5.26 Å². The number of carbonyl (C=O) groups is 2. The Morgan fingerprint density at radius 2 is 1.89 bits per heavy atom. The second-order valence-electron chi connectivity index (χ2n) is 8.75. The number of para-hydroxylation sites is 1. The van der Waals surface area contributed by atoms with Gasteiger partial charge in [-0.25, -0.2) is 0 Å². The fourth-order valence-electron chi connectivity index (χ4n) is 4.21. The summed E-state index contributed by atoms with van der Waals surface area (Å²) >= 11 is 5.90. The van der Waals surface area contributed by atoms with Gasteiger partial charge >= 0.3 is 0 Å². The number of anilines is 2. The first-order valence-corrected chi connectivity index (χ1v) is 14.1. The molecule has 10 heteroatoms. The molecule has 0 bridgehead atoms. The van der Waals surface area contributed by atoms with Crippen molar-refractivity contribution < 1.29 is 14.7 Å². The van der Waals surface area contributed by atoms with E-state index in [2.05, 4.69) is 37.9 Å². The molecule has 2 aromatic carbocycles. The van der Waals surface area contributed by atoms with Crippen molar-refractivity contribution in [1.82, 2.24) is 5.32 Å². The Morgan fingerprint density at radius 3 is 2.54 bits per heavy atom. The van der Waals surface area contributed by atoms with E-state index >= 15 is 0 Å². The molecular formula is C27H25BrN4O3S2. The topological polar surface area (TPSA) is 114 Å². The largest absolute Gasteiger partial charge is 0.370 e. The summed E-state index contributed by atoms with van der Waals surface area (Å²) < 4.78 is 0.901. The maximum absolute atomic E-state index is 13.6. The molecule has 7 nitrogen and oxygen atoms in total. The summed E-state index contributed by atoms with van der Waals surface area (Å²) in [6.45, 7) is 3.41. The Hall–Kier alpha value is -3.10. The molecule has 3 atom stereocenters. The molecule has 0 fully saturated rings. The monoisotopic (exact) mass is 596 g/mol. The first kappa shape index (κ1) is 26.9. The zero-order valence-corrected chi connectivity index (χ0v) is 23.3. The molecule has 37 heavy (non-hydrogen) atoms. The number of thioether (sulfide) groups is 1. The van der Waals surface area contributed by atoms with E-state index in [-0.39, 0.29) is 11.7 Å². The van der Waals surface area contributed by atoms with Crippen molar-refractivity contribution >= 4 is 62.2 Å². The summed E-state index contributed by atoms with van der Waals surface area (Å²) in [5.74, 6) is -2.35. The van der Waals surface area contributed by atoms with Crippen LogP contribution in [0.2, 0.25) is 0 Å². The van der Waals surface area contributed by atoms with Crippen LogP contribution in [0.5, 0.6) is 0 Å². The van der Waals surface area contributed by atoms with Crippen molar-refractivity contribution in [3.63, 3.8) is 0 Å². The first-order chi connectivity index (χ1) is 17.7. The predicted octanol–water partition coefficient (Wildman–Crippen LogP) is 5.58. The lowest BCUT2D eigenvalue weighted by atomic mass is 9.76. The van der Waals surface area contributed by atoms with Gasteiger partial charge in [0.2, 0.25) is 11.8 Å². The standard InChI is InChI=1S/C27H25BrN4O3S2/c1-16-6-3-4-7-20(16)31-25(34)24-23(21-8-5-13-36-21)19(14-29)26(32-27(24,2)35)37-15-22(33)30-18-11-9-17(28)10-12-18/h3-13,23-24,32,35H,15H2,1-2H3,(H,30,33)(H,31,34)/t23-,24+,27+/m1/s1. The van der Waals surface area contributed by atoms with E-state index in [0.717, 1.165) is 26.7 Å². The van der Waals surface area contributed by atoms with Gasteiger partial charge in [0.1, 0.15) is 5.72 Å². The van der Waals surface area contributed by atoms with Crippen molar-refractivity contribution in [2.24, 2.45) is 5.92 Å². The number of halogens is 1. The van der Waals surface area contributed by atoms with Gasteiger partial charge < -0.3 is 21.1 Å². The summed E-state index contributed by atoms with van der Waals surface area (Å²) in [7, 11) is 0. The summed E-state index contributed by atoms with van der Waals surface area (Å²) in [6, 6.07) is 20.5. The average molecular weight is 598 g/mol. The van der Waals surface area contributed by atoms with Gasteiger partial charge in [-0.15, -0.1) is 11.3 Å². The normalized spacial score (nSPS) is 21.1. The van der Waals surface area contributed by atoms with Crippen LogP contribution in [0.4, 0.5) is 11.4 Å². The van der Waals surface area contributed by atoms with Crippen molar-refractivity contribution in [3.8, 4) is 6.07 Å². The molecule has 4 rings (SSSR count). The molecule has 2 amide bonds. The van der Waals surface area contributed by atoms with Crippen LogP contribution in [0.25, 0.3) is 0 Å². The molecule has 0 spiro atoms. The van der Waals surface area contributed by atoms with Gasteiger partial charge in [0.25, 0.3) is 0 Å². The molecule has 4 N–H and O–H groups in total. The molecule has 3 aromatic rings. The number of nitriles is 1. The number of nitrogens with one attached hydrogen (secondary N) is 3. The van der Waals surface area contributed by atoms with E-state index in [4.69, 9.17) is 0 Å². The quantitative estimate of drug-likeness (QED) is 0.283. The first-order valence-electron chi connectivity index (χ1n) is 11.4. The van der Waals surface area contributed by atoms with Crippen LogP contribution in [0.1, 0.15) is 23.3 Å². The number of aliphatic hydroxyl groups is 1. The Morgan fingerprint density at radius 1 is 1.16 bits per heavy atom. The summed E-state index contributed by atoms with van der Waals surface area (Å²) in [6.07, 6.45) is 0. The number of allylic oxidation sites excluding steroid dienone is 1. The third-order valence-electron chi connectivity index (χ3n) is 5.99. The highest BCUT2D eigenvalue weighted by molar-refractivity contribution is 9.10. The molecule has 1 aromatic heterocycles. The van der Waals surface area contributed by atoms with Gasteiger partial charge in [-0.1, -0.05) is 52.0 Å². The fourth-order valence-corrected chi connectivity index (χ4v) is 6.31. The highest BCUT2D eigenvalue weighted by atomic mass is 79.9. The third-order valence-corrected chi connectivity index (χ3v) is 8.49. The van der Waals surface area contributed by atoms with E-state index in [1.165, 1.54) is 18.3 Å². The highest BCUT2D eigenvalue weighted by Gasteiger charge is 2.50. The van der Waals surface area contributed by atoms with Crippen LogP contribution in [0.15, 0.2) is 81.1 Å². The predicted molar refractivity (Wildman–Crippen MR) is 152 cm³/mol. The summed E-state index contributed by atoms with van der Waals surface area (Å²) in [5.41, 5.74) is 0.792. The molecular weight excluding hydrogens is 572 g/mol. The van der Waals surface area contributed by atoms with Crippen LogP contribution in [0, 0.1) is 24.2 Å². The number of benzene rings is 2. The van der Waals surface area contributed by atoms with Crippen LogP contribution >= 0.6 is 39.0 Å². The lowest BCUT2D eigenvalue weighted by molar-refractivity contribution is -0.131. The summed E-state index contributed by atoms with van der Waals surface area (Å²) in [5, 5.41) is 32.7. The maximum atomic E-state index is 13.6. The fraction of sp³-hybridized carbons (Fsp3) is 0.222. The lowest BCUT2D eigenvalue weighted by Crippen LogP contribution is -2.57. The van der Waals surface area contributed by atoms with E-state index < -0.39 is 23.5 Å². The number of hydrogen-bond donors (Lipinski definition) is 4. The molecule has 2 heterocycles. The Balaban J connectivity index is 1.62. The second kappa shape index (κ2) is 11.5. The molecule has 1 aliphatic rings. The SMILES string of the molecule is Cc1ccccc1NC(=O)[C@@H]1[C@@H](c2cccs2)C(C#N)=C(SCC(=O)Nc2ccc(Br)cc2)N[C@@]1(C)O. The molecule has 0 saturated carbocycles. The maximum Gasteiger partial charge on any atom is 0.234 e. The number of aryl methyl sites for hydroxylation is 1. The molecule has 1 aliphatic heterocycles. The Kier molecular flexibility index (Phi) is 8.39. The van der Waals surface area contributed by atoms with E-state index in [0.29, 0.717) is 22.0 Å². The van der Waals surface area contributed by atoms with E-state index in [1.807, 2.05) is 54.8 Å². The molecule has 190 valence electrons. The van der Waals surface area contributed by atoms with E-state index in [1.54, 1.807) is 18.2 Å². The molecule has 0 unspecified atom stereocenters. The van der Waals surface area contributed by atoms with Gasteiger partial charge in [-0.05, 0) is 61.2 Å². The van der Waals surface area contributed by atoms with Crippen molar-refractivity contribution in [2.45, 2.75) is 25.5 Å². The van der Waals surface area contributed by atoms with Crippen molar-refractivity contribution in [1.29, 1.82) is 5.26 Å². The smallest absolute Gasteiger partial charge is 0.234 e. The van der Waals surface area contributed by atoms with Crippen LogP contribution in [0.3, 0.4) is 0 Å². The number of hydrogen-bond acceptors (Lipinski definition) is 7. The minimum atomic E-state index is -1.69. The van der Waals surface area contributed by atoms with Gasteiger partial charge in [0.15, 0.2) is 0 Å². The number of thiophene rings is 1. The van der Waals surface area contributed by atoms with E-state index in [9.17, 15) is 20.0 Å².